The fraction of sp³-hybridized carbons (Fsp3) is 0. The molecule has 2 heterocycles. The van der Waals surface area contributed by atoms with E-state index in [0.29, 0.717) is 10.9 Å². The van der Waals surface area contributed by atoms with E-state index in [4.69, 9.17) is 0 Å². The molecule has 0 fully saturated rings. The number of nitrogens with one attached hydrogen (secondary N) is 2. The van der Waals surface area contributed by atoms with Crippen LogP contribution in [0.15, 0.2) is 39.7 Å². The molecule has 0 aliphatic heterocycles. The summed E-state index contributed by atoms with van der Waals surface area (Å²) in [5, 5.41) is 0.694. The summed E-state index contributed by atoms with van der Waals surface area (Å²) in [5.74, 6) is 0. The first-order valence-electron chi connectivity index (χ1n) is 4.54. The summed E-state index contributed by atoms with van der Waals surface area (Å²) < 4.78 is 0.909. The molecular formula is C11H7BrN2O. The standard InChI is InChI=1S/C11H7BrN2O/c12-6-1-2-8-7(5-6)11(15)10-9(14-8)3-4-13-10/h1-5,13H,(H,14,15). The van der Waals surface area contributed by atoms with Crippen LogP contribution >= 0.6 is 15.9 Å². The van der Waals surface area contributed by atoms with E-state index in [1.807, 2.05) is 24.3 Å². The van der Waals surface area contributed by atoms with Gasteiger partial charge >= 0.3 is 0 Å². The third-order valence-electron chi connectivity index (χ3n) is 2.47. The average Bonchev–Trinajstić information content (AvgIpc) is 2.68. The van der Waals surface area contributed by atoms with Crippen LogP contribution in [0, 0.1) is 0 Å². The third kappa shape index (κ3) is 1.22. The van der Waals surface area contributed by atoms with Gasteiger partial charge in [0, 0.05) is 21.6 Å². The van der Waals surface area contributed by atoms with Gasteiger partial charge in [0.2, 0.25) is 5.43 Å². The Labute approximate surface area is 93.3 Å². The molecule has 0 radical (unpaired) electrons. The van der Waals surface area contributed by atoms with Gasteiger partial charge in [-0.25, -0.2) is 0 Å². The number of fused-ring (bicyclic) bond motifs is 2. The fourth-order valence-electron chi connectivity index (χ4n) is 1.75. The summed E-state index contributed by atoms with van der Waals surface area (Å²) >= 11 is 3.36. The molecule has 74 valence electrons. The average molecular weight is 263 g/mol. The summed E-state index contributed by atoms with van der Waals surface area (Å²) in [6.45, 7) is 0. The Balaban J connectivity index is 2.64. The predicted octanol–water partition coefficient (Wildman–Crippen LogP) is 2.77. The van der Waals surface area contributed by atoms with Gasteiger partial charge in [-0.3, -0.25) is 4.79 Å². The number of benzene rings is 1. The molecule has 3 aromatic rings. The van der Waals surface area contributed by atoms with Gasteiger partial charge in [-0.2, -0.15) is 0 Å². The Kier molecular flexibility index (Phi) is 1.73. The van der Waals surface area contributed by atoms with Crippen molar-refractivity contribution in [1.82, 2.24) is 9.97 Å². The molecule has 0 unspecified atom stereocenters. The molecule has 3 nitrogen and oxygen atoms in total. The summed E-state index contributed by atoms with van der Waals surface area (Å²) in [6.07, 6.45) is 1.76. The minimum atomic E-state index is 0.0325. The molecule has 0 aliphatic rings. The van der Waals surface area contributed by atoms with Gasteiger partial charge in [-0.05, 0) is 24.3 Å². The monoisotopic (exact) mass is 262 g/mol. The van der Waals surface area contributed by atoms with Crippen molar-refractivity contribution in [3.05, 3.63) is 45.2 Å². The third-order valence-corrected chi connectivity index (χ3v) is 2.96. The van der Waals surface area contributed by atoms with E-state index in [0.717, 1.165) is 15.5 Å². The largest absolute Gasteiger partial charge is 0.357 e. The van der Waals surface area contributed by atoms with Crippen molar-refractivity contribution in [2.75, 3.05) is 0 Å². The smallest absolute Gasteiger partial charge is 0.213 e. The van der Waals surface area contributed by atoms with Crippen LogP contribution in [0.2, 0.25) is 0 Å². The van der Waals surface area contributed by atoms with E-state index in [9.17, 15) is 4.79 Å². The van der Waals surface area contributed by atoms with E-state index in [1.165, 1.54) is 0 Å². The maximum Gasteiger partial charge on any atom is 0.213 e. The van der Waals surface area contributed by atoms with Crippen LogP contribution in [0.1, 0.15) is 0 Å². The van der Waals surface area contributed by atoms with Crippen molar-refractivity contribution < 1.29 is 0 Å². The molecule has 0 saturated carbocycles. The zero-order chi connectivity index (χ0) is 10.4. The summed E-state index contributed by atoms with van der Waals surface area (Å²) in [7, 11) is 0. The first-order chi connectivity index (χ1) is 7.25. The molecule has 0 saturated heterocycles. The molecule has 2 aromatic heterocycles. The highest BCUT2D eigenvalue weighted by Gasteiger charge is 2.05. The van der Waals surface area contributed by atoms with E-state index in [-0.39, 0.29) is 5.43 Å². The minimum absolute atomic E-state index is 0.0325. The van der Waals surface area contributed by atoms with E-state index < -0.39 is 0 Å². The van der Waals surface area contributed by atoms with Crippen molar-refractivity contribution in [3.63, 3.8) is 0 Å². The Morgan fingerprint density at radius 1 is 1.13 bits per heavy atom. The lowest BCUT2D eigenvalue weighted by atomic mass is 10.2. The van der Waals surface area contributed by atoms with Crippen LogP contribution in [0.4, 0.5) is 0 Å². The molecule has 2 N–H and O–H groups in total. The van der Waals surface area contributed by atoms with Crippen molar-refractivity contribution in [2.45, 2.75) is 0 Å². The highest BCUT2D eigenvalue weighted by Crippen LogP contribution is 2.18. The first kappa shape index (κ1) is 8.73. The van der Waals surface area contributed by atoms with Gasteiger partial charge in [-0.15, -0.1) is 0 Å². The lowest BCUT2D eigenvalue weighted by molar-refractivity contribution is 1.43. The molecule has 3 rings (SSSR count). The fourth-order valence-corrected chi connectivity index (χ4v) is 2.12. The number of aromatic nitrogens is 2. The van der Waals surface area contributed by atoms with Crippen LogP contribution in [0.3, 0.4) is 0 Å². The number of hydrogen-bond donors (Lipinski definition) is 2. The topological polar surface area (TPSA) is 48.6 Å². The minimum Gasteiger partial charge on any atom is -0.357 e. The van der Waals surface area contributed by atoms with Crippen LogP contribution in [0.25, 0.3) is 21.9 Å². The Bertz CT molecular complexity index is 711. The van der Waals surface area contributed by atoms with Crippen LogP contribution in [-0.2, 0) is 0 Å². The number of H-pyrrole nitrogens is 2. The van der Waals surface area contributed by atoms with Crippen molar-refractivity contribution in [3.8, 4) is 0 Å². The highest BCUT2D eigenvalue weighted by atomic mass is 79.9. The van der Waals surface area contributed by atoms with Crippen molar-refractivity contribution >= 4 is 37.9 Å². The molecule has 4 heteroatoms. The summed E-state index contributed by atoms with van der Waals surface area (Å²) in [4.78, 5) is 18.2. The molecule has 0 amide bonds. The molecule has 0 aliphatic carbocycles. The maximum absolute atomic E-state index is 12.0. The normalized spacial score (nSPS) is 11.3. The zero-order valence-electron chi connectivity index (χ0n) is 7.67. The number of aromatic amines is 2. The lowest BCUT2D eigenvalue weighted by Gasteiger charge is -1.99. The number of halogens is 1. The van der Waals surface area contributed by atoms with Crippen molar-refractivity contribution in [2.24, 2.45) is 0 Å². The predicted molar refractivity (Wildman–Crippen MR) is 64.1 cm³/mol. The summed E-state index contributed by atoms with van der Waals surface area (Å²) in [6, 6.07) is 7.50. The maximum atomic E-state index is 12.0. The second-order valence-corrected chi connectivity index (χ2v) is 4.33. The van der Waals surface area contributed by atoms with Gasteiger partial charge in [0.25, 0.3) is 0 Å². The number of pyridine rings is 1. The van der Waals surface area contributed by atoms with Crippen molar-refractivity contribution in [1.29, 1.82) is 0 Å². The van der Waals surface area contributed by atoms with Crippen LogP contribution in [0.5, 0.6) is 0 Å². The van der Waals surface area contributed by atoms with Gasteiger partial charge in [0.1, 0.15) is 5.52 Å². The highest BCUT2D eigenvalue weighted by molar-refractivity contribution is 9.10. The van der Waals surface area contributed by atoms with Gasteiger partial charge in [0.15, 0.2) is 0 Å². The van der Waals surface area contributed by atoms with E-state index in [1.54, 1.807) is 6.20 Å². The molecule has 1 aromatic carbocycles. The van der Waals surface area contributed by atoms with Gasteiger partial charge in [0.05, 0.1) is 5.52 Å². The molecule has 0 bridgehead atoms. The second kappa shape index (κ2) is 2.97. The molecule has 15 heavy (non-hydrogen) atoms. The Hall–Kier alpha value is -1.55. The lowest BCUT2D eigenvalue weighted by Crippen LogP contribution is -2.03. The zero-order valence-corrected chi connectivity index (χ0v) is 9.26. The number of hydrogen-bond acceptors (Lipinski definition) is 1. The molecule has 0 atom stereocenters. The van der Waals surface area contributed by atoms with E-state index in [2.05, 4.69) is 25.9 Å². The van der Waals surface area contributed by atoms with Gasteiger partial charge in [-0.1, -0.05) is 15.9 Å². The van der Waals surface area contributed by atoms with Crippen LogP contribution < -0.4 is 5.43 Å². The Morgan fingerprint density at radius 3 is 2.87 bits per heavy atom. The van der Waals surface area contributed by atoms with Crippen LogP contribution in [-0.4, -0.2) is 9.97 Å². The quantitative estimate of drug-likeness (QED) is 0.643. The number of rotatable bonds is 0. The Morgan fingerprint density at radius 2 is 2.00 bits per heavy atom. The molecule has 0 spiro atoms. The first-order valence-corrected chi connectivity index (χ1v) is 5.33. The summed E-state index contributed by atoms with van der Waals surface area (Å²) in [5.41, 5.74) is 2.36. The second-order valence-electron chi connectivity index (χ2n) is 3.41. The molecular weight excluding hydrogens is 256 g/mol. The van der Waals surface area contributed by atoms with E-state index >= 15 is 0 Å². The SMILES string of the molecule is O=c1c2cc(Br)ccc2[nH]c2cc[nH]c12. The van der Waals surface area contributed by atoms with Gasteiger partial charge < -0.3 is 9.97 Å².